The first-order chi connectivity index (χ1) is 7.63. The zero-order chi connectivity index (χ0) is 12.0. The number of ether oxygens (including phenoxy) is 1. The standard InChI is InChI=1S/C11H13ClO3S/c1-2-15-11(13)6-7-16(14)10-5-3-4-9(12)8-10/h3-5,8H,2,6-7H2,1H3. The summed E-state index contributed by atoms with van der Waals surface area (Å²) in [5, 5.41) is 0.544. The van der Waals surface area contributed by atoms with Gasteiger partial charge in [0.15, 0.2) is 0 Å². The van der Waals surface area contributed by atoms with Crippen molar-refractivity contribution in [1.82, 2.24) is 0 Å². The summed E-state index contributed by atoms with van der Waals surface area (Å²) in [5.41, 5.74) is 0. The minimum absolute atomic E-state index is 0.160. The second-order valence-electron chi connectivity index (χ2n) is 3.06. The van der Waals surface area contributed by atoms with E-state index < -0.39 is 10.8 Å². The van der Waals surface area contributed by atoms with Crippen molar-refractivity contribution in [2.24, 2.45) is 0 Å². The molecule has 1 aromatic carbocycles. The van der Waals surface area contributed by atoms with E-state index >= 15 is 0 Å². The Balaban J connectivity index is 2.50. The molecule has 0 N–H and O–H groups in total. The van der Waals surface area contributed by atoms with Gasteiger partial charge in [-0.1, -0.05) is 17.7 Å². The normalized spacial score (nSPS) is 12.1. The highest BCUT2D eigenvalue weighted by atomic mass is 35.5. The maximum Gasteiger partial charge on any atom is 0.306 e. The van der Waals surface area contributed by atoms with Crippen LogP contribution in [0.3, 0.4) is 0 Å². The molecule has 0 aromatic heterocycles. The maximum atomic E-state index is 11.8. The number of carbonyl (C=O) groups excluding carboxylic acids is 1. The Bertz CT molecular complexity index is 393. The molecule has 88 valence electrons. The quantitative estimate of drug-likeness (QED) is 0.764. The van der Waals surface area contributed by atoms with E-state index in [1.165, 1.54) is 0 Å². The minimum atomic E-state index is -1.20. The molecule has 1 unspecified atom stereocenters. The van der Waals surface area contributed by atoms with Gasteiger partial charge in [0.1, 0.15) is 0 Å². The fraction of sp³-hybridized carbons (Fsp3) is 0.364. The van der Waals surface area contributed by atoms with Crippen molar-refractivity contribution in [3.63, 3.8) is 0 Å². The molecule has 3 nitrogen and oxygen atoms in total. The van der Waals surface area contributed by atoms with Crippen LogP contribution >= 0.6 is 11.6 Å². The van der Waals surface area contributed by atoms with E-state index in [1.807, 2.05) is 0 Å². The Morgan fingerprint density at radius 2 is 2.25 bits per heavy atom. The zero-order valence-corrected chi connectivity index (χ0v) is 10.5. The summed E-state index contributed by atoms with van der Waals surface area (Å²) in [6, 6.07) is 6.82. The van der Waals surface area contributed by atoms with Gasteiger partial charge in [0.25, 0.3) is 0 Å². The monoisotopic (exact) mass is 260 g/mol. The number of hydrogen-bond donors (Lipinski definition) is 0. The number of benzene rings is 1. The van der Waals surface area contributed by atoms with Gasteiger partial charge < -0.3 is 4.74 Å². The Morgan fingerprint density at radius 3 is 2.88 bits per heavy atom. The highest BCUT2D eigenvalue weighted by Crippen LogP contribution is 2.14. The van der Waals surface area contributed by atoms with E-state index in [0.29, 0.717) is 16.5 Å². The fourth-order valence-corrected chi connectivity index (χ4v) is 2.47. The van der Waals surface area contributed by atoms with Crippen LogP contribution in [0.25, 0.3) is 0 Å². The molecule has 0 aliphatic heterocycles. The number of esters is 1. The summed E-state index contributed by atoms with van der Waals surface area (Å²) < 4.78 is 16.5. The second-order valence-corrected chi connectivity index (χ2v) is 5.07. The third-order valence-electron chi connectivity index (χ3n) is 1.86. The van der Waals surface area contributed by atoms with Crippen molar-refractivity contribution in [3.05, 3.63) is 29.3 Å². The molecule has 0 bridgehead atoms. The molecule has 5 heteroatoms. The zero-order valence-electron chi connectivity index (χ0n) is 8.94. The molecule has 0 spiro atoms. The van der Waals surface area contributed by atoms with Crippen LogP contribution in [0.1, 0.15) is 13.3 Å². The smallest absolute Gasteiger partial charge is 0.306 e. The van der Waals surface area contributed by atoms with Gasteiger partial charge in [-0.3, -0.25) is 9.00 Å². The topological polar surface area (TPSA) is 43.4 Å². The van der Waals surface area contributed by atoms with Crippen molar-refractivity contribution < 1.29 is 13.7 Å². The van der Waals surface area contributed by atoms with Crippen molar-refractivity contribution in [3.8, 4) is 0 Å². The molecule has 1 atom stereocenters. The third kappa shape index (κ3) is 4.33. The molecule has 1 aromatic rings. The lowest BCUT2D eigenvalue weighted by molar-refractivity contribution is -0.142. The van der Waals surface area contributed by atoms with E-state index in [1.54, 1.807) is 31.2 Å². The summed E-state index contributed by atoms with van der Waals surface area (Å²) in [7, 11) is -1.20. The van der Waals surface area contributed by atoms with Gasteiger partial charge in [-0.15, -0.1) is 0 Å². The molecule has 0 amide bonds. The molecule has 0 heterocycles. The SMILES string of the molecule is CCOC(=O)CCS(=O)c1cccc(Cl)c1. The first-order valence-electron chi connectivity index (χ1n) is 4.93. The fourth-order valence-electron chi connectivity index (χ4n) is 1.14. The van der Waals surface area contributed by atoms with E-state index in [0.717, 1.165) is 0 Å². The highest BCUT2D eigenvalue weighted by Gasteiger charge is 2.08. The molecule has 1 rings (SSSR count). The van der Waals surface area contributed by atoms with Gasteiger partial charge in [-0.2, -0.15) is 0 Å². The molecular formula is C11H13ClO3S. The van der Waals surface area contributed by atoms with E-state index in [9.17, 15) is 9.00 Å². The van der Waals surface area contributed by atoms with Gasteiger partial charge in [-0.25, -0.2) is 0 Å². The first kappa shape index (κ1) is 13.2. The minimum Gasteiger partial charge on any atom is -0.466 e. The lowest BCUT2D eigenvalue weighted by atomic mass is 10.4. The molecule has 0 saturated carbocycles. The predicted molar refractivity (Wildman–Crippen MR) is 64.0 cm³/mol. The molecule has 0 fully saturated rings. The van der Waals surface area contributed by atoms with Crippen LogP contribution in [0.15, 0.2) is 29.2 Å². The van der Waals surface area contributed by atoms with Crippen LogP contribution in [-0.4, -0.2) is 22.5 Å². The first-order valence-corrected chi connectivity index (χ1v) is 6.62. The van der Waals surface area contributed by atoms with Crippen molar-refractivity contribution in [1.29, 1.82) is 0 Å². The maximum absolute atomic E-state index is 11.8. The van der Waals surface area contributed by atoms with Crippen molar-refractivity contribution in [2.75, 3.05) is 12.4 Å². The van der Waals surface area contributed by atoms with Gasteiger partial charge in [-0.05, 0) is 25.1 Å². The van der Waals surface area contributed by atoms with E-state index in [-0.39, 0.29) is 18.1 Å². The molecule has 0 saturated heterocycles. The average molecular weight is 261 g/mol. The number of rotatable bonds is 5. The van der Waals surface area contributed by atoms with Crippen molar-refractivity contribution in [2.45, 2.75) is 18.2 Å². The molecule has 0 aliphatic carbocycles. The van der Waals surface area contributed by atoms with Crippen LogP contribution in [0, 0.1) is 0 Å². The van der Waals surface area contributed by atoms with E-state index in [2.05, 4.69) is 0 Å². The summed E-state index contributed by atoms with van der Waals surface area (Å²) in [6.45, 7) is 2.09. The number of hydrogen-bond acceptors (Lipinski definition) is 3. The molecule has 0 aliphatic rings. The summed E-state index contributed by atoms with van der Waals surface area (Å²) in [6.07, 6.45) is 0.160. The third-order valence-corrected chi connectivity index (χ3v) is 3.45. The second kappa shape index (κ2) is 6.66. The molecular weight excluding hydrogens is 248 g/mol. The van der Waals surface area contributed by atoms with Crippen LogP contribution in [-0.2, 0) is 20.3 Å². The Labute approximate surface area is 102 Å². The van der Waals surface area contributed by atoms with E-state index in [4.69, 9.17) is 16.3 Å². The van der Waals surface area contributed by atoms with Crippen LogP contribution in [0.5, 0.6) is 0 Å². The average Bonchev–Trinajstić information content (AvgIpc) is 2.26. The lowest BCUT2D eigenvalue weighted by Crippen LogP contribution is -2.09. The number of carbonyl (C=O) groups is 1. The van der Waals surface area contributed by atoms with Crippen LogP contribution in [0.4, 0.5) is 0 Å². The molecule has 0 radical (unpaired) electrons. The summed E-state index contributed by atoms with van der Waals surface area (Å²) in [4.78, 5) is 11.7. The summed E-state index contributed by atoms with van der Waals surface area (Å²) >= 11 is 5.78. The Hall–Kier alpha value is -0.870. The van der Waals surface area contributed by atoms with Crippen molar-refractivity contribution >= 4 is 28.4 Å². The predicted octanol–water partition coefficient (Wildman–Crippen LogP) is 2.40. The summed E-state index contributed by atoms with van der Waals surface area (Å²) in [5.74, 6) is -0.0583. The van der Waals surface area contributed by atoms with Crippen LogP contribution in [0.2, 0.25) is 5.02 Å². The molecule has 16 heavy (non-hydrogen) atoms. The number of halogens is 1. The highest BCUT2D eigenvalue weighted by molar-refractivity contribution is 7.85. The van der Waals surface area contributed by atoms with Crippen LogP contribution < -0.4 is 0 Å². The van der Waals surface area contributed by atoms with Gasteiger partial charge >= 0.3 is 5.97 Å². The Morgan fingerprint density at radius 1 is 1.50 bits per heavy atom. The largest absolute Gasteiger partial charge is 0.466 e. The van der Waals surface area contributed by atoms with Gasteiger partial charge in [0.2, 0.25) is 0 Å². The lowest BCUT2D eigenvalue weighted by Gasteiger charge is -2.03. The van der Waals surface area contributed by atoms with Gasteiger partial charge in [0.05, 0.1) is 23.8 Å². The Kier molecular flexibility index (Phi) is 5.49. The van der Waals surface area contributed by atoms with Gasteiger partial charge in [0, 0.05) is 15.7 Å².